The molecule has 1 amide bonds. The van der Waals surface area contributed by atoms with Gasteiger partial charge in [-0.25, -0.2) is 19.0 Å². The lowest BCUT2D eigenvalue weighted by Gasteiger charge is -2.14. The summed E-state index contributed by atoms with van der Waals surface area (Å²) in [5.74, 6) is 5.15. The fraction of sp³-hybridized carbons (Fsp3) is 0.643. The summed E-state index contributed by atoms with van der Waals surface area (Å²) < 4.78 is 28.7. The molecular formula is C14H26N4O3S. The van der Waals surface area contributed by atoms with Gasteiger partial charge in [-0.3, -0.25) is 10.2 Å². The normalized spacial score (nSPS) is 13.4. The molecule has 4 N–H and O–H groups in total. The van der Waals surface area contributed by atoms with Crippen LogP contribution in [0.4, 0.5) is 0 Å². The molecule has 126 valence electrons. The Morgan fingerprint density at radius 1 is 1.32 bits per heavy atom. The molecule has 0 saturated heterocycles. The molecule has 0 aliphatic carbocycles. The Kier molecular flexibility index (Phi) is 6.58. The highest BCUT2D eigenvalue weighted by Crippen LogP contribution is 2.15. The highest BCUT2D eigenvalue weighted by molar-refractivity contribution is 7.89. The van der Waals surface area contributed by atoms with E-state index in [-0.39, 0.29) is 16.6 Å². The molecule has 1 aromatic rings. The molecule has 1 aromatic heterocycles. The number of amides is 1. The van der Waals surface area contributed by atoms with Gasteiger partial charge < -0.3 is 4.57 Å². The summed E-state index contributed by atoms with van der Waals surface area (Å²) in [5.41, 5.74) is 2.18. The van der Waals surface area contributed by atoms with Crippen molar-refractivity contribution in [3.63, 3.8) is 0 Å². The van der Waals surface area contributed by atoms with Crippen LogP contribution in [0.15, 0.2) is 17.2 Å². The summed E-state index contributed by atoms with van der Waals surface area (Å²) >= 11 is 0. The molecule has 1 unspecified atom stereocenters. The third-order valence-corrected chi connectivity index (χ3v) is 4.99. The van der Waals surface area contributed by atoms with Gasteiger partial charge in [-0.05, 0) is 25.3 Å². The molecule has 22 heavy (non-hydrogen) atoms. The highest BCUT2D eigenvalue weighted by Gasteiger charge is 2.21. The average molecular weight is 330 g/mol. The fourth-order valence-corrected chi connectivity index (χ4v) is 3.55. The van der Waals surface area contributed by atoms with Gasteiger partial charge in [0.1, 0.15) is 10.6 Å². The summed E-state index contributed by atoms with van der Waals surface area (Å²) in [6.45, 7) is 6.12. The lowest BCUT2D eigenvalue weighted by atomic mass is 10.0. The summed E-state index contributed by atoms with van der Waals surface area (Å²) in [6, 6.07) is 1.15. The molecule has 1 heterocycles. The number of nitrogens with two attached hydrogens (primary N) is 1. The number of aryl methyl sites for hydroxylation is 1. The number of rotatable bonds is 8. The molecule has 1 atom stereocenters. The number of hydrazine groups is 1. The number of aromatic nitrogens is 1. The minimum absolute atomic E-state index is 0.0595. The molecule has 1 rings (SSSR count). The van der Waals surface area contributed by atoms with E-state index in [1.807, 2.05) is 12.3 Å². The smallest absolute Gasteiger partial charge is 0.281 e. The molecule has 0 spiro atoms. The van der Waals surface area contributed by atoms with Crippen molar-refractivity contribution in [3.8, 4) is 0 Å². The SMILES string of the molecule is CC(C)CCCC(C)NS(=O)(=O)c1cc(C(=O)NN)n(C)c1. The number of sulfonamides is 1. The lowest BCUT2D eigenvalue weighted by molar-refractivity contribution is 0.0945. The number of nitrogen functional groups attached to an aromatic ring is 1. The van der Waals surface area contributed by atoms with Crippen molar-refractivity contribution < 1.29 is 13.2 Å². The molecule has 8 heteroatoms. The average Bonchev–Trinajstić information content (AvgIpc) is 2.79. The van der Waals surface area contributed by atoms with Gasteiger partial charge in [0.05, 0.1) is 0 Å². The number of carbonyl (C=O) groups excluding carboxylic acids is 1. The van der Waals surface area contributed by atoms with Crippen LogP contribution in [0.1, 0.15) is 50.5 Å². The minimum atomic E-state index is -3.65. The van der Waals surface area contributed by atoms with E-state index < -0.39 is 15.9 Å². The maximum atomic E-state index is 12.3. The van der Waals surface area contributed by atoms with Gasteiger partial charge in [-0.1, -0.05) is 26.7 Å². The first kappa shape index (κ1) is 18.7. The van der Waals surface area contributed by atoms with E-state index in [9.17, 15) is 13.2 Å². The fourth-order valence-electron chi connectivity index (χ4n) is 2.20. The van der Waals surface area contributed by atoms with Crippen molar-refractivity contribution in [2.75, 3.05) is 0 Å². The predicted octanol–water partition coefficient (Wildman–Crippen LogP) is 1.12. The first-order valence-electron chi connectivity index (χ1n) is 7.37. The molecular weight excluding hydrogens is 304 g/mol. The van der Waals surface area contributed by atoms with Crippen LogP contribution in [-0.4, -0.2) is 24.9 Å². The zero-order valence-electron chi connectivity index (χ0n) is 13.6. The first-order valence-corrected chi connectivity index (χ1v) is 8.85. The second-order valence-electron chi connectivity index (χ2n) is 5.99. The van der Waals surface area contributed by atoms with Crippen molar-refractivity contribution in [2.45, 2.75) is 51.0 Å². The molecule has 0 saturated carbocycles. The molecule has 7 nitrogen and oxygen atoms in total. The Bertz CT molecular complexity index is 608. The molecule has 0 aliphatic rings. The molecule has 0 aliphatic heterocycles. The standard InChI is InChI=1S/C14H26N4O3S/c1-10(2)6-5-7-11(3)17-22(20,21)12-8-13(14(19)16-15)18(4)9-12/h8-11,17H,5-7,15H2,1-4H3,(H,16,19). The first-order chi connectivity index (χ1) is 10.2. The van der Waals surface area contributed by atoms with Gasteiger partial charge in [-0.2, -0.15) is 0 Å². The monoisotopic (exact) mass is 330 g/mol. The number of carbonyl (C=O) groups is 1. The second kappa shape index (κ2) is 7.75. The lowest BCUT2D eigenvalue weighted by Crippen LogP contribution is -2.32. The Morgan fingerprint density at radius 3 is 2.50 bits per heavy atom. The third-order valence-electron chi connectivity index (χ3n) is 3.43. The van der Waals surface area contributed by atoms with E-state index in [4.69, 9.17) is 5.84 Å². The van der Waals surface area contributed by atoms with E-state index in [0.29, 0.717) is 5.92 Å². The predicted molar refractivity (Wildman–Crippen MR) is 85.5 cm³/mol. The van der Waals surface area contributed by atoms with Gasteiger partial charge in [0.2, 0.25) is 10.0 Å². The van der Waals surface area contributed by atoms with E-state index in [1.165, 1.54) is 16.8 Å². The summed E-state index contributed by atoms with van der Waals surface area (Å²) in [5, 5.41) is 0. The van der Waals surface area contributed by atoms with Gasteiger partial charge in [0.25, 0.3) is 5.91 Å². The Balaban J connectivity index is 2.76. The van der Waals surface area contributed by atoms with Crippen LogP contribution in [0, 0.1) is 5.92 Å². The summed E-state index contributed by atoms with van der Waals surface area (Å²) in [7, 11) is -2.05. The van der Waals surface area contributed by atoms with Crippen LogP contribution in [0.2, 0.25) is 0 Å². The van der Waals surface area contributed by atoms with Crippen molar-refractivity contribution in [1.29, 1.82) is 0 Å². The second-order valence-corrected chi connectivity index (χ2v) is 7.71. The van der Waals surface area contributed by atoms with E-state index in [0.717, 1.165) is 19.3 Å². The van der Waals surface area contributed by atoms with Gasteiger partial charge in [0.15, 0.2) is 0 Å². The van der Waals surface area contributed by atoms with Crippen LogP contribution in [0.25, 0.3) is 0 Å². The number of hydrogen-bond donors (Lipinski definition) is 3. The maximum absolute atomic E-state index is 12.3. The van der Waals surface area contributed by atoms with Crippen LogP contribution in [-0.2, 0) is 17.1 Å². The largest absolute Gasteiger partial charge is 0.345 e. The zero-order chi connectivity index (χ0) is 16.9. The third kappa shape index (κ3) is 5.11. The van der Waals surface area contributed by atoms with E-state index in [2.05, 4.69) is 18.6 Å². The zero-order valence-corrected chi connectivity index (χ0v) is 14.4. The van der Waals surface area contributed by atoms with Crippen molar-refractivity contribution in [1.82, 2.24) is 14.7 Å². The topological polar surface area (TPSA) is 106 Å². The Hall–Kier alpha value is -1.38. The molecule has 0 aromatic carbocycles. The highest BCUT2D eigenvalue weighted by atomic mass is 32.2. The summed E-state index contributed by atoms with van der Waals surface area (Å²) in [6.07, 6.45) is 4.21. The van der Waals surface area contributed by atoms with E-state index in [1.54, 1.807) is 7.05 Å². The van der Waals surface area contributed by atoms with E-state index >= 15 is 0 Å². The quantitative estimate of drug-likeness (QED) is 0.377. The van der Waals surface area contributed by atoms with Crippen molar-refractivity contribution >= 4 is 15.9 Å². The Labute approximate surface area is 132 Å². The van der Waals surface area contributed by atoms with Gasteiger partial charge >= 0.3 is 0 Å². The van der Waals surface area contributed by atoms with Crippen molar-refractivity contribution in [3.05, 3.63) is 18.0 Å². The Morgan fingerprint density at radius 2 is 1.95 bits per heavy atom. The number of nitrogens with zero attached hydrogens (tertiary/aromatic N) is 1. The summed E-state index contributed by atoms with van der Waals surface area (Å²) in [4.78, 5) is 11.6. The van der Waals surface area contributed by atoms with Gasteiger partial charge in [-0.15, -0.1) is 0 Å². The van der Waals surface area contributed by atoms with Gasteiger partial charge in [0, 0.05) is 19.3 Å². The maximum Gasteiger partial charge on any atom is 0.281 e. The molecule has 0 radical (unpaired) electrons. The van der Waals surface area contributed by atoms with Crippen LogP contribution >= 0.6 is 0 Å². The molecule has 0 bridgehead atoms. The molecule has 0 fully saturated rings. The van der Waals surface area contributed by atoms with Crippen LogP contribution < -0.4 is 16.0 Å². The van der Waals surface area contributed by atoms with Crippen molar-refractivity contribution in [2.24, 2.45) is 18.8 Å². The number of hydrogen-bond acceptors (Lipinski definition) is 4. The number of nitrogens with one attached hydrogen (secondary N) is 2. The minimum Gasteiger partial charge on any atom is -0.345 e. The van der Waals surface area contributed by atoms with Crippen LogP contribution in [0.5, 0.6) is 0 Å². The van der Waals surface area contributed by atoms with Crippen LogP contribution in [0.3, 0.4) is 0 Å².